The highest BCUT2D eigenvalue weighted by atomic mass is 32.1. The van der Waals surface area contributed by atoms with Crippen LogP contribution in [0.5, 0.6) is 5.88 Å². The summed E-state index contributed by atoms with van der Waals surface area (Å²) in [6.45, 7) is 0. The summed E-state index contributed by atoms with van der Waals surface area (Å²) in [6, 6.07) is 1.60. The van der Waals surface area contributed by atoms with Crippen LogP contribution >= 0.6 is 11.3 Å². The summed E-state index contributed by atoms with van der Waals surface area (Å²) in [5.74, 6) is 0.365. The highest BCUT2D eigenvalue weighted by Crippen LogP contribution is 2.14. The molecule has 2 aromatic rings. The molecule has 78 valence electrons. The van der Waals surface area contributed by atoms with E-state index in [1.165, 1.54) is 23.1 Å². The van der Waals surface area contributed by atoms with Gasteiger partial charge in [-0.15, -0.1) is 11.3 Å². The van der Waals surface area contributed by atoms with E-state index in [9.17, 15) is 4.79 Å². The van der Waals surface area contributed by atoms with E-state index in [0.717, 1.165) is 0 Å². The number of rotatable bonds is 3. The second-order valence-electron chi connectivity index (χ2n) is 2.90. The van der Waals surface area contributed by atoms with Crippen molar-refractivity contribution in [3.63, 3.8) is 0 Å². The Morgan fingerprint density at radius 2 is 2.33 bits per heavy atom. The van der Waals surface area contributed by atoms with Gasteiger partial charge in [0.15, 0.2) is 0 Å². The number of nitrogens with zero attached hydrogens (tertiary/aromatic N) is 3. The number of aryl methyl sites for hydroxylation is 1. The molecule has 0 bridgehead atoms. The van der Waals surface area contributed by atoms with Crippen LogP contribution in [-0.4, -0.2) is 27.7 Å². The zero-order valence-corrected chi connectivity index (χ0v) is 9.11. The molecule has 0 radical (unpaired) electrons. The van der Waals surface area contributed by atoms with E-state index in [0.29, 0.717) is 17.3 Å². The SMILES string of the molecule is COc1cc(C(=O)c2cscn2)nn1C. The van der Waals surface area contributed by atoms with Crippen LogP contribution in [0.1, 0.15) is 16.2 Å². The van der Waals surface area contributed by atoms with Gasteiger partial charge in [0.05, 0.1) is 12.6 Å². The summed E-state index contributed by atoms with van der Waals surface area (Å²) in [6.07, 6.45) is 0. The maximum absolute atomic E-state index is 11.8. The van der Waals surface area contributed by atoms with Crippen molar-refractivity contribution < 1.29 is 9.53 Å². The van der Waals surface area contributed by atoms with Crippen molar-refractivity contribution >= 4 is 17.1 Å². The third-order valence-corrected chi connectivity index (χ3v) is 2.53. The Morgan fingerprint density at radius 1 is 1.53 bits per heavy atom. The Balaban J connectivity index is 2.34. The van der Waals surface area contributed by atoms with Crippen molar-refractivity contribution in [2.45, 2.75) is 0 Å². The fourth-order valence-electron chi connectivity index (χ4n) is 1.21. The standard InChI is InChI=1S/C9H9N3O2S/c1-12-8(14-2)3-6(11-12)9(13)7-4-15-5-10-7/h3-5H,1-2H3. The van der Waals surface area contributed by atoms with Gasteiger partial charge in [-0.1, -0.05) is 0 Å². The van der Waals surface area contributed by atoms with Gasteiger partial charge in [0.1, 0.15) is 11.4 Å². The quantitative estimate of drug-likeness (QED) is 0.731. The number of thiazole rings is 1. The monoisotopic (exact) mass is 223 g/mol. The van der Waals surface area contributed by atoms with Crippen LogP contribution in [-0.2, 0) is 7.05 Å². The molecule has 0 aromatic carbocycles. The van der Waals surface area contributed by atoms with Crippen LogP contribution in [0.3, 0.4) is 0 Å². The minimum atomic E-state index is -0.185. The molecule has 2 rings (SSSR count). The molecule has 0 fully saturated rings. The molecule has 0 unspecified atom stereocenters. The van der Waals surface area contributed by atoms with Gasteiger partial charge >= 0.3 is 0 Å². The zero-order chi connectivity index (χ0) is 10.8. The molecule has 0 atom stereocenters. The Kier molecular flexibility index (Phi) is 2.51. The van der Waals surface area contributed by atoms with E-state index in [-0.39, 0.29) is 5.78 Å². The van der Waals surface area contributed by atoms with Gasteiger partial charge in [0.2, 0.25) is 11.7 Å². The Bertz CT molecular complexity index is 476. The number of carbonyl (C=O) groups is 1. The molecule has 0 saturated heterocycles. The lowest BCUT2D eigenvalue weighted by molar-refractivity contribution is 0.102. The van der Waals surface area contributed by atoms with Gasteiger partial charge in [-0.3, -0.25) is 4.79 Å². The molecule has 0 amide bonds. The van der Waals surface area contributed by atoms with Gasteiger partial charge in [-0.2, -0.15) is 5.10 Å². The average molecular weight is 223 g/mol. The Morgan fingerprint density at radius 3 is 2.87 bits per heavy atom. The van der Waals surface area contributed by atoms with Crippen LogP contribution in [0, 0.1) is 0 Å². The van der Waals surface area contributed by atoms with E-state index in [1.807, 2.05) is 0 Å². The average Bonchev–Trinajstić information content (AvgIpc) is 2.85. The highest BCUT2D eigenvalue weighted by Gasteiger charge is 2.16. The number of methoxy groups -OCH3 is 1. The summed E-state index contributed by atoms with van der Waals surface area (Å²) < 4.78 is 6.54. The third-order valence-electron chi connectivity index (χ3n) is 1.94. The summed E-state index contributed by atoms with van der Waals surface area (Å²) in [7, 11) is 3.25. The largest absolute Gasteiger partial charge is 0.481 e. The van der Waals surface area contributed by atoms with Crippen molar-refractivity contribution in [2.24, 2.45) is 7.05 Å². The molecule has 0 aliphatic heterocycles. The lowest BCUT2D eigenvalue weighted by Crippen LogP contribution is -2.03. The molecular weight excluding hydrogens is 214 g/mol. The number of carbonyl (C=O) groups excluding carboxylic acids is 1. The van der Waals surface area contributed by atoms with Gasteiger partial charge in [0.25, 0.3) is 0 Å². The molecule has 0 N–H and O–H groups in total. The molecule has 6 heteroatoms. The van der Waals surface area contributed by atoms with Gasteiger partial charge in [-0.05, 0) is 0 Å². The maximum atomic E-state index is 11.8. The molecular formula is C9H9N3O2S. The van der Waals surface area contributed by atoms with Crippen molar-refractivity contribution in [2.75, 3.05) is 7.11 Å². The fraction of sp³-hybridized carbons (Fsp3) is 0.222. The van der Waals surface area contributed by atoms with Gasteiger partial charge in [-0.25, -0.2) is 9.67 Å². The van der Waals surface area contributed by atoms with Crippen LogP contribution in [0.25, 0.3) is 0 Å². The molecule has 0 spiro atoms. The molecule has 0 saturated carbocycles. The van der Waals surface area contributed by atoms with Crippen LogP contribution < -0.4 is 4.74 Å². The predicted molar refractivity (Wildman–Crippen MR) is 55.3 cm³/mol. The lowest BCUT2D eigenvalue weighted by Gasteiger charge is -1.95. The first-order valence-corrected chi connectivity index (χ1v) is 5.17. The third kappa shape index (κ3) is 1.75. The van der Waals surface area contributed by atoms with Gasteiger partial charge < -0.3 is 4.74 Å². The summed E-state index contributed by atoms with van der Waals surface area (Å²) in [5, 5.41) is 5.74. The number of ketones is 1. The van der Waals surface area contributed by atoms with E-state index in [1.54, 1.807) is 24.0 Å². The molecule has 2 heterocycles. The van der Waals surface area contributed by atoms with Gasteiger partial charge in [0, 0.05) is 18.5 Å². The van der Waals surface area contributed by atoms with E-state index >= 15 is 0 Å². The highest BCUT2D eigenvalue weighted by molar-refractivity contribution is 7.07. The summed E-state index contributed by atoms with van der Waals surface area (Å²) >= 11 is 1.38. The van der Waals surface area contributed by atoms with Crippen LogP contribution in [0.15, 0.2) is 17.0 Å². The van der Waals surface area contributed by atoms with Crippen LogP contribution in [0.4, 0.5) is 0 Å². The first kappa shape index (κ1) is 9.85. The second-order valence-corrected chi connectivity index (χ2v) is 3.62. The van der Waals surface area contributed by atoms with Crippen molar-refractivity contribution in [3.05, 3.63) is 28.3 Å². The number of ether oxygens (including phenoxy) is 1. The second kappa shape index (κ2) is 3.82. The number of hydrogen-bond donors (Lipinski definition) is 0. The minimum absolute atomic E-state index is 0.185. The smallest absolute Gasteiger partial charge is 0.232 e. The minimum Gasteiger partial charge on any atom is -0.481 e. The van der Waals surface area contributed by atoms with Crippen molar-refractivity contribution in [3.8, 4) is 5.88 Å². The van der Waals surface area contributed by atoms with Crippen molar-refractivity contribution in [1.29, 1.82) is 0 Å². The topological polar surface area (TPSA) is 57.0 Å². The molecule has 5 nitrogen and oxygen atoms in total. The number of hydrogen-bond acceptors (Lipinski definition) is 5. The lowest BCUT2D eigenvalue weighted by atomic mass is 10.2. The fourth-order valence-corrected chi connectivity index (χ4v) is 1.74. The van der Waals surface area contributed by atoms with E-state index in [2.05, 4.69) is 10.1 Å². The molecule has 15 heavy (non-hydrogen) atoms. The Hall–Kier alpha value is -1.69. The Labute approximate surface area is 90.3 Å². The molecule has 0 aliphatic rings. The van der Waals surface area contributed by atoms with Crippen molar-refractivity contribution in [1.82, 2.24) is 14.8 Å². The first-order chi connectivity index (χ1) is 7.22. The van der Waals surface area contributed by atoms with Crippen LogP contribution in [0.2, 0.25) is 0 Å². The van der Waals surface area contributed by atoms with E-state index < -0.39 is 0 Å². The van der Waals surface area contributed by atoms with E-state index in [4.69, 9.17) is 4.74 Å². The summed E-state index contributed by atoms with van der Waals surface area (Å²) in [4.78, 5) is 15.7. The number of aromatic nitrogens is 3. The normalized spacial score (nSPS) is 10.3. The molecule has 0 aliphatic carbocycles. The maximum Gasteiger partial charge on any atom is 0.232 e. The first-order valence-electron chi connectivity index (χ1n) is 4.23. The molecule has 2 aromatic heterocycles. The zero-order valence-electron chi connectivity index (χ0n) is 8.30. The summed E-state index contributed by atoms with van der Waals surface area (Å²) in [5.41, 5.74) is 2.38. The predicted octanol–water partition coefficient (Wildman–Crippen LogP) is 1.12.